The molecule has 1 aromatic rings. The molecular formula is C18H29N. The number of rotatable bonds is 6. The van der Waals surface area contributed by atoms with Crippen LogP contribution in [0.4, 0.5) is 0 Å². The third-order valence-corrected chi connectivity index (χ3v) is 4.46. The number of benzene rings is 1. The molecule has 0 aliphatic carbocycles. The van der Waals surface area contributed by atoms with E-state index in [1.165, 1.54) is 50.5 Å². The van der Waals surface area contributed by atoms with Gasteiger partial charge >= 0.3 is 0 Å². The monoisotopic (exact) mass is 259 g/mol. The Labute approximate surface area is 119 Å². The Morgan fingerprint density at radius 2 is 1.53 bits per heavy atom. The van der Waals surface area contributed by atoms with E-state index in [2.05, 4.69) is 49.1 Å². The van der Waals surface area contributed by atoms with Crippen molar-refractivity contribution >= 4 is 0 Å². The highest BCUT2D eigenvalue weighted by molar-refractivity contribution is 5.15. The highest BCUT2D eigenvalue weighted by Crippen LogP contribution is 2.29. The Bertz CT molecular complexity index is 328. The molecule has 0 bridgehead atoms. The van der Waals surface area contributed by atoms with Crippen molar-refractivity contribution < 1.29 is 0 Å². The lowest BCUT2D eigenvalue weighted by molar-refractivity contribution is 0.0633. The molecule has 0 amide bonds. The number of hydrogen-bond acceptors (Lipinski definition) is 1. The molecule has 1 saturated heterocycles. The standard InChI is InChI=1S/C18H29N/c1-3-9-17-13-8-14-18(10-4-2)19(17)15-16-11-6-5-7-12-16/h5-7,11-12,17-18H,3-4,8-10,13-15H2,1-2H3/t17-,18+. The van der Waals surface area contributed by atoms with E-state index in [1.54, 1.807) is 0 Å². The molecule has 106 valence electrons. The van der Waals surface area contributed by atoms with E-state index < -0.39 is 0 Å². The zero-order valence-corrected chi connectivity index (χ0v) is 12.6. The van der Waals surface area contributed by atoms with Crippen molar-refractivity contribution in [2.75, 3.05) is 0 Å². The van der Waals surface area contributed by atoms with E-state index in [4.69, 9.17) is 0 Å². The fourth-order valence-electron chi connectivity index (χ4n) is 3.56. The molecule has 2 rings (SSSR count). The molecule has 1 aliphatic rings. The Kier molecular flexibility index (Phi) is 5.91. The fourth-order valence-corrected chi connectivity index (χ4v) is 3.56. The van der Waals surface area contributed by atoms with Crippen molar-refractivity contribution in [2.24, 2.45) is 0 Å². The highest BCUT2D eigenvalue weighted by atomic mass is 15.2. The lowest BCUT2D eigenvalue weighted by atomic mass is 9.90. The molecule has 1 heteroatoms. The predicted octanol–water partition coefficient (Wildman–Crippen LogP) is 5.01. The maximum absolute atomic E-state index is 2.81. The Balaban J connectivity index is 2.08. The highest BCUT2D eigenvalue weighted by Gasteiger charge is 2.29. The molecule has 1 aliphatic heterocycles. The van der Waals surface area contributed by atoms with Crippen LogP contribution >= 0.6 is 0 Å². The van der Waals surface area contributed by atoms with Gasteiger partial charge in [-0.2, -0.15) is 0 Å². The van der Waals surface area contributed by atoms with Gasteiger partial charge in [-0.15, -0.1) is 0 Å². The summed E-state index contributed by atoms with van der Waals surface area (Å²) in [6.45, 7) is 5.80. The van der Waals surface area contributed by atoms with Crippen molar-refractivity contribution in [1.29, 1.82) is 0 Å². The van der Waals surface area contributed by atoms with Crippen molar-refractivity contribution in [3.63, 3.8) is 0 Å². The molecule has 1 heterocycles. The molecule has 0 aromatic heterocycles. The Morgan fingerprint density at radius 1 is 0.947 bits per heavy atom. The molecule has 0 spiro atoms. The number of nitrogens with zero attached hydrogens (tertiary/aromatic N) is 1. The van der Waals surface area contributed by atoms with Gasteiger partial charge in [-0.05, 0) is 31.2 Å². The SMILES string of the molecule is CCC[C@@H]1CCC[C@H](CCC)N1Cc1ccccc1. The van der Waals surface area contributed by atoms with Crippen LogP contribution in [0.3, 0.4) is 0 Å². The first-order valence-corrected chi connectivity index (χ1v) is 8.14. The van der Waals surface area contributed by atoms with Crippen LogP contribution in [0, 0.1) is 0 Å². The average molecular weight is 259 g/mol. The minimum absolute atomic E-state index is 0.815. The van der Waals surface area contributed by atoms with Gasteiger partial charge in [0.25, 0.3) is 0 Å². The minimum Gasteiger partial charge on any atom is -0.293 e. The molecule has 19 heavy (non-hydrogen) atoms. The first kappa shape index (κ1) is 14.6. The van der Waals surface area contributed by atoms with E-state index in [-0.39, 0.29) is 0 Å². The van der Waals surface area contributed by atoms with E-state index in [0.717, 1.165) is 18.6 Å². The summed E-state index contributed by atoms with van der Waals surface area (Å²) in [5.41, 5.74) is 1.48. The maximum atomic E-state index is 2.81. The lowest BCUT2D eigenvalue weighted by Crippen LogP contribution is -2.45. The predicted molar refractivity (Wildman–Crippen MR) is 83.2 cm³/mol. The van der Waals surface area contributed by atoms with Gasteiger partial charge in [-0.3, -0.25) is 4.90 Å². The first-order valence-electron chi connectivity index (χ1n) is 8.14. The Hall–Kier alpha value is -0.820. The van der Waals surface area contributed by atoms with Gasteiger partial charge < -0.3 is 0 Å². The summed E-state index contributed by atoms with van der Waals surface area (Å²) in [6, 6.07) is 12.6. The van der Waals surface area contributed by atoms with Crippen LogP contribution in [-0.4, -0.2) is 17.0 Å². The van der Waals surface area contributed by atoms with E-state index >= 15 is 0 Å². The van der Waals surface area contributed by atoms with Gasteiger partial charge in [0, 0.05) is 18.6 Å². The summed E-state index contributed by atoms with van der Waals surface area (Å²) in [5.74, 6) is 0. The van der Waals surface area contributed by atoms with Crippen molar-refractivity contribution in [2.45, 2.75) is 77.4 Å². The largest absolute Gasteiger partial charge is 0.293 e. The van der Waals surface area contributed by atoms with Crippen LogP contribution < -0.4 is 0 Å². The Morgan fingerprint density at radius 3 is 2.05 bits per heavy atom. The van der Waals surface area contributed by atoms with E-state index in [9.17, 15) is 0 Å². The molecule has 1 aromatic carbocycles. The molecular weight excluding hydrogens is 230 g/mol. The molecule has 0 N–H and O–H groups in total. The second-order valence-corrected chi connectivity index (χ2v) is 5.97. The van der Waals surface area contributed by atoms with Gasteiger partial charge in [0.05, 0.1) is 0 Å². The summed E-state index contributed by atoms with van der Waals surface area (Å²) < 4.78 is 0. The van der Waals surface area contributed by atoms with E-state index in [0.29, 0.717) is 0 Å². The molecule has 2 atom stereocenters. The van der Waals surface area contributed by atoms with Crippen LogP contribution in [0.25, 0.3) is 0 Å². The van der Waals surface area contributed by atoms with Gasteiger partial charge in [0.2, 0.25) is 0 Å². The molecule has 1 fully saturated rings. The van der Waals surface area contributed by atoms with Gasteiger partial charge in [0.15, 0.2) is 0 Å². The van der Waals surface area contributed by atoms with Gasteiger partial charge in [0.1, 0.15) is 0 Å². The fraction of sp³-hybridized carbons (Fsp3) is 0.667. The molecule has 1 nitrogen and oxygen atoms in total. The van der Waals surface area contributed by atoms with Crippen molar-refractivity contribution in [3.05, 3.63) is 35.9 Å². The van der Waals surface area contributed by atoms with E-state index in [1.807, 2.05) is 0 Å². The third kappa shape index (κ3) is 4.07. The minimum atomic E-state index is 0.815. The van der Waals surface area contributed by atoms with Crippen molar-refractivity contribution in [3.8, 4) is 0 Å². The quantitative estimate of drug-likeness (QED) is 0.694. The third-order valence-electron chi connectivity index (χ3n) is 4.46. The van der Waals surface area contributed by atoms with Crippen LogP contribution in [0.15, 0.2) is 30.3 Å². The second kappa shape index (κ2) is 7.69. The number of hydrogen-bond donors (Lipinski definition) is 0. The second-order valence-electron chi connectivity index (χ2n) is 5.97. The smallest absolute Gasteiger partial charge is 0.0239 e. The summed E-state index contributed by atoms with van der Waals surface area (Å²) in [5, 5.41) is 0. The zero-order valence-electron chi connectivity index (χ0n) is 12.6. The molecule has 0 radical (unpaired) electrons. The first-order chi connectivity index (χ1) is 9.35. The summed E-state index contributed by atoms with van der Waals surface area (Å²) in [7, 11) is 0. The van der Waals surface area contributed by atoms with Gasteiger partial charge in [-0.1, -0.05) is 63.4 Å². The van der Waals surface area contributed by atoms with Crippen LogP contribution in [0.5, 0.6) is 0 Å². The van der Waals surface area contributed by atoms with Crippen LogP contribution in [0.1, 0.15) is 64.4 Å². The summed E-state index contributed by atoms with van der Waals surface area (Å²) >= 11 is 0. The number of likely N-dealkylation sites (tertiary alicyclic amines) is 1. The summed E-state index contributed by atoms with van der Waals surface area (Å²) in [4.78, 5) is 2.81. The maximum Gasteiger partial charge on any atom is 0.0239 e. The average Bonchev–Trinajstić information content (AvgIpc) is 2.44. The number of piperidine rings is 1. The lowest BCUT2D eigenvalue weighted by Gasteiger charge is -2.42. The molecule has 0 saturated carbocycles. The summed E-state index contributed by atoms with van der Waals surface area (Å²) in [6.07, 6.45) is 9.60. The van der Waals surface area contributed by atoms with Crippen LogP contribution in [-0.2, 0) is 6.54 Å². The van der Waals surface area contributed by atoms with Crippen molar-refractivity contribution in [1.82, 2.24) is 4.90 Å². The topological polar surface area (TPSA) is 3.24 Å². The van der Waals surface area contributed by atoms with Crippen LogP contribution in [0.2, 0.25) is 0 Å². The molecule has 0 unspecified atom stereocenters. The normalized spacial score (nSPS) is 24.5. The zero-order chi connectivity index (χ0) is 13.5. The van der Waals surface area contributed by atoms with Gasteiger partial charge in [-0.25, -0.2) is 0 Å².